The van der Waals surface area contributed by atoms with Gasteiger partial charge in [-0.3, -0.25) is 0 Å². The standard InChI is InChI=1S/C33H68/c1-5-9-13-17-19-23-28-32(26-21-15-11-7-3)30-25-31-33(27-22-16-12-8-4)29-24-20-18-14-10-6-2/h32-33H,5-31H2,1-4H3. The Bertz CT molecular complexity index is 301. The molecule has 0 nitrogen and oxygen atoms in total. The molecule has 0 bridgehead atoms. The summed E-state index contributed by atoms with van der Waals surface area (Å²) in [6.45, 7) is 9.35. The van der Waals surface area contributed by atoms with E-state index in [1.807, 2.05) is 0 Å². The van der Waals surface area contributed by atoms with Crippen molar-refractivity contribution >= 4 is 0 Å². The maximum absolute atomic E-state index is 2.35. The number of unbranched alkanes of at least 4 members (excludes halogenated alkanes) is 16. The highest BCUT2D eigenvalue weighted by molar-refractivity contribution is 4.66. The van der Waals surface area contributed by atoms with Crippen LogP contribution in [0.3, 0.4) is 0 Å². The van der Waals surface area contributed by atoms with E-state index in [0.717, 1.165) is 11.8 Å². The van der Waals surface area contributed by atoms with E-state index in [1.54, 1.807) is 0 Å². The van der Waals surface area contributed by atoms with Crippen LogP contribution in [0.15, 0.2) is 0 Å². The van der Waals surface area contributed by atoms with Crippen LogP contribution in [-0.2, 0) is 0 Å². The van der Waals surface area contributed by atoms with Crippen LogP contribution in [0, 0.1) is 11.8 Å². The average Bonchev–Trinajstić information content (AvgIpc) is 2.82. The van der Waals surface area contributed by atoms with E-state index in [4.69, 9.17) is 0 Å². The van der Waals surface area contributed by atoms with Crippen molar-refractivity contribution in [2.45, 2.75) is 201 Å². The summed E-state index contributed by atoms with van der Waals surface area (Å²) in [5.74, 6) is 2.06. The zero-order valence-corrected chi connectivity index (χ0v) is 24.2. The van der Waals surface area contributed by atoms with Gasteiger partial charge in [0.25, 0.3) is 0 Å². The van der Waals surface area contributed by atoms with Gasteiger partial charge in [0.1, 0.15) is 0 Å². The molecular weight excluding hydrogens is 396 g/mol. The minimum Gasteiger partial charge on any atom is -0.0654 e. The summed E-state index contributed by atoms with van der Waals surface area (Å²) in [6, 6.07) is 0. The maximum Gasteiger partial charge on any atom is -0.0414 e. The maximum atomic E-state index is 2.35. The van der Waals surface area contributed by atoms with Gasteiger partial charge in [-0.2, -0.15) is 0 Å². The van der Waals surface area contributed by atoms with Crippen molar-refractivity contribution in [3.05, 3.63) is 0 Å². The summed E-state index contributed by atoms with van der Waals surface area (Å²) in [5, 5.41) is 0. The third-order valence-corrected chi connectivity index (χ3v) is 8.09. The predicted molar refractivity (Wildman–Crippen MR) is 154 cm³/mol. The van der Waals surface area contributed by atoms with Gasteiger partial charge in [0.15, 0.2) is 0 Å². The molecule has 0 radical (unpaired) electrons. The second-order valence-electron chi connectivity index (χ2n) is 11.5. The van der Waals surface area contributed by atoms with E-state index in [9.17, 15) is 0 Å². The van der Waals surface area contributed by atoms with Gasteiger partial charge in [0.05, 0.1) is 0 Å². The third kappa shape index (κ3) is 24.9. The first kappa shape index (κ1) is 33.0. The van der Waals surface area contributed by atoms with E-state index >= 15 is 0 Å². The lowest BCUT2D eigenvalue weighted by molar-refractivity contribution is 0.327. The first-order chi connectivity index (χ1) is 16.3. The van der Waals surface area contributed by atoms with Crippen molar-refractivity contribution in [2.75, 3.05) is 0 Å². The summed E-state index contributed by atoms with van der Waals surface area (Å²) in [7, 11) is 0. The fourth-order valence-electron chi connectivity index (χ4n) is 5.71. The molecule has 0 heteroatoms. The highest BCUT2D eigenvalue weighted by Crippen LogP contribution is 2.28. The largest absolute Gasteiger partial charge is 0.0654 e. The van der Waals surface area contributed by atoms with Crippen LogP contribution in [0.4, 0.5) is 0 Å². The molecule has 0 amide bonds. The van der Waals surface area contributed by atoms with Gasteiger partial charge in [-0.05, 0) is 11.8 Å². The predicted octanol–water partition coefficient (Wildman–Crippen LogP) is 12.8. The molecule has 0 aliphatic rings. The van der Waals surface area contributed by atoms with Gasteiger partial charge in [-0.15, -0.1) is 0 Å². The summed E-state index contributed by atoms with van der Waals surface area (Å²) >= 11 is 0. The fraction of sp³-hybridized carbons (Fsp3) is 1.00. The normalized spacial score (nSPS) is 13.5. The third-order valence-electron chi connectivity index (χ3n) is 8.09. The second-order valence-corrected chi connectivity index (χ2v) is 11.5. The van der Waals surface area contributed by atoms with Crippen molar-refractivity contribution in [3.63, 3.8) is 0 Å². The summed E-state index contributed by atoms with van der Waals surface area (Å²) in [6.07, 6.45) is 39.8. The van der Waals surface area contributed by atoms with Crippen molar-refractivity contribution < 1.29 is 0 Å². The van der Waals surface area contributed by atoms with Gasteiger partial charge in [-0.25, -0.2) is 0 Å². The minimum absolute atomic E-state index is 1.03. The second kappa shape index (κ2) is 28.2. The fourth-order valence-corrected chi connectivity index (χ4v) is 5.71. The lowest BCUT2D eigenvalue weighted by Gasteiger charge is -2.20. The molecule has 0 aromatic rings. The molecule has 0 aliphatic carbocycles. The Morgan fingerprint density at radius 2 is 0.455 bits per heavy atom. The molecule has 0 heterocycles. The van der Waals surface area contributed by atoms with Crippen LogP contribution in [0.25, 0.3) is 0 Å². The Hall–Kier alpha value is 0. The van der Waals surface area contributed by atoms with Crippen molar-refractivity contribution in [1.82, 2.24) is 0 Å². The minimum atomic E-state index is 1.03. The molecule has 0 aromatic heterocycles. The van der Waals surface area contributed by atoms with Crippen molar-refractivity contribution in [3.8, 4) is 0 Å². The summed E-state index contributed by atoms with van der Waals surface area (Å²) in [4.78, 5) is 0. The van der Waals surface area contributed by atoms with Gasteiger partial charge < -0.3 is 0 Å². The molecule has 0 N–H and O–H groups in total. The molecule has 0 saturated heterocycles. The Labute approximate surface area is 212 Å². The van der Waals surface area contributed by atoms with E-state index in [1.165, 1.54) is 173 Å². The highest BCUT2D eigenvalue weighted by atomic mass is 14.2. The van der Waals surface area contributed by atoms with Crippen LogP contribution in [0.5, 0.6) is 0 Å². The topological polar surface area (TPSA) is 0 Å². The van der Waals surface area contributed by atoms with Gasteiger partial charge in [-0.1, -0.05) is 201 Å². The zero-order chi connectivity index (χ0) is 24.2. The quantitative estimate of drug-likeness (QED) is 0.101. The van der Waals surface area contributed by atoms with Crippen molar-refractivity contribution in [1.29, 1.82) is 0 Å². The number of hydrogen-bond acceptors (Lipinski definition) is 0. The Kier molecular flexibility index (Phi) is 28.2. The van der Waals surface area contributed by atoms with E-state index < -0.39 is 0 Å². The number of rotatable bonds is 28. The molecule has 0 rings (SSSR count). The van der Waals surface area contributed by atoms with E-state index in [2.05, 4.69) is 27.7 Å². The van der Waals surface area contributed by atoms with Crippen LogP contribution in [0.2, 0.25) is 0 Å². The average molecular weight is 465 g/mol. The molecule has 0 aliphatic heterocycles. The molecule has 2 atom stereocenters. The molecule has 0 saturated carbocycles. The zero-order valence-electron chi connectivity index (χ0n) is 24.2. The van der Waals surface area contributed by atoms with Crippen LogP contribution < -0.4 is 0 Å². The van der Waals surface area contributed by atoms with Crippen molar-refractivity contribution in [2.24, 2.45) is 11.8 Å². The van der Waals surface area contributed by atoms with Crippen LogP contribution in [-0.4, -0.2) is 0 Å². The van der Waals surface area contributed by atoms with Crippen LogP contribution >= 0.6 is 0 Å². The number of hydrogen-bond donors (Lipinski definition) is 0. The molecule has 0 spiro atoms. The molecule has 33 heavy (non-hydrogen) atoms. The Morgan fingerprint density at radius 3 is 0.758 bits per heavy atom. The van der Waals surface area contributed by atoms with Gasteiger partial charge in [0.2, 0.25) is 0 Å². The van der Waals surface area contributed by atoms with Gasteiger partial charge in [0, 0.05) is 0 Å². The lowest BCUT2D eigenvalue weighted by atomic mass is 9.85. The van der Waals surface area contributed by atoms with E-state index in [0.29, 0.717) is 0 Å². The monoisotopic (exact) mass is 465 g/mol. The van der Waals surface area contributed by atoms with Crippen LogP contribution in [0.1, 0.15) is 201 Å². The Balaban J connectivity index is 4.31. The lowest BCUT2D eigenvalue weighted by Crippen LogP contribution is -2.05. The molecule has 0 fully saturated rings. The summed E-state index contributed by atoms with van der Waals surface area (Å²) in [5.41, 5.74) is 0. The smallest absolute Gasteiger partial charge is 0.0414 e. The summed E-state index contributed by atoms with van der Waals surface area (Å²) < 4.78 is 0. The SMILES string of the molecule is CCCCCCCCC(CCCCCC)CCCC(CCCCCC)CCCCCCCC. The Morgan fingerprint density at radius 1 is 0.242 bits per heavy atom. The van der Waals surface area contributed by atoms with E-state index in [-0.39, 0.29) is 0 Å². The molecule has 200 valence electrons. The first-order valence-electron chi connectivity index (χ1n) is 16.3. The molecular formula is C33H68. The highest BCUT2D eigenvalue weighted by Gasteiger charge is 2.13. The first-order valence-corrected chi connectivity index (χ1v) is 16.3. The molecule has 0 aromatic carbocycles. The van der Waals surface area contributed by atoms with Gasteiger partial charge >= 0.3 is 0 Å². The molecule has 2 unspecified atom stereocenters.